The first-order chi connectivity index (χ1) is 9.11. The third-order valence-electron chi connectivity index (χ3n) is 2.77. The zero-order valence-electron chi connectivity index (χ0n) is 10.7. The van der Waals surface area contributed by atoms with E-state index in [1.165, 1.54) is 11.2 Å². The molecule has 2 aromatic rings. The van der Waals surface area contributed by atoms with Gasteiger partial charge in [0.15, 0.2) is 0 Å². The van der Waals surface area contributed by atoms with Crippen molar-refractivity contribution < 1.29 is 9.21 Å². The molecule has 0 saturated heterocycles. The Balaban J connectivity index is 2.06. The Labute approximate surface area is 121 Å². The molecule has 0 saturated carbocycles. The maximum atomic E-state index is 12.1. The zero-order chi connectivity index (χ0) is 13.8. The fourth-order valence-corrected chi connectivity index (χ4v) is 2.33. The van der Waals surface area contributed by atoms with Crippen LogP contribution in [0.3, 0.4) is 0 Å². The number of nitrogens with zero attached hydrogens (tertiary/aromatic N) is 1. The topological polar surface area (TPSA) is 33.5 Å². The summed E-state index contributed by atoms with van der Waals surface area (Å²) in [4.78, 5) is 15.0. The van der Waals surface area contributed by atoms with Crippen LogP contribution in [0.25, 0.3) is 0 Å². The van der Waals surface area contributed by atoms with Gasteiger partial charge in [-0.05, 0) is 41.6 Å². The van der Waals surface area contributed by atoms with E-state index in [4.69, 9.17) is 16.0 Å². The highest BCUT2D eigenvalue weighted by Crippen LogP contribution is 2.20. The van der Waals surface area contributed by atoms with Gasteiger partial charge in [0.25, 0.3) is 5.91 Å². The number of amides is 1. The monoisotopic (exact) mass is 295 g/mol. The highest BCUT2D eigenvalue weighted by atomic mass is 35.5. The minimum absolute atomic E-state index is 0.134. The van der Waals surface area contributed by atoms with Crippen LogP contribution in [0.4, 0.5) is 0 Å². The summed E-state index contributed by atoms with van der Waals surface area (Å²) in [7, 11) is 1.74. The molecule has 0 atom stereocenters. The molecule has 0 N–H and O–H groups in total. The molecule has 3 nitrogen and oxygen atoms in total. The molecule has 1 heterocycles. The molecular weight excluding hydrogens is 282 g/mol. The smallest absolute Gasteiger partial charge is 0.258 e. The van der Waals surface area contributed by atoms with Crippen LogP contribution in [0.15, 0.2) is 45.9 Å². The predicted octanol–water partition coefficient (Wildman–Crippen LogP) is 3.93. The molecule has 0 radical (unpaired) electrons. The van der Waals surface area contributed by atoms with Crippen molar-refractivity contribution >= 4 is 29.3 Å². The summed E-state index contributed by atoms with van der Waals surface area (Å²) in [5.74, 6) is -0.146. The minimum atomic E-state index is -0.146. The summed E-state index contributed by atoms with van der Waals surface area (Å²) in [6.07, 6.45) is 3.45. The van der Waals surface area contributed by atoms with E-state index in [1.807, 2.05) is 30.5 Å². The number of hydrogen-bond donors (Lipinski definition) is 0. The first-order valence-electron chi connectivity index (χ1n) is 5.73. The molecule has 0 aliphatic carbocycles. The lowest BCUT2D eigenvalue weighted by atomic mass is 10.2. The molecule has 0 bridgehead atoms. The van der Waals surface area contributed by atoms with E-state index in [-0.39, 0.29) is 11.1 Å². The summed E-state index contributed by atoms with van der Waals surface area (Å²) in [5, 5.41) is 0.134. The third kappa shape index (κ3) is 3.33. The van der Waals surface area contributed by atoms with Gasteiger partial charge in [0.2, 0.25) is 5.22 Å². The van der Waals surface area contributed by atoms with Crippen molar-refractivity contribution in [2.75, 3.05) is 13.3 Å². The Morgan fingerprint density at radius 3 is 2.53 bits per heavy atom. The van der Waals surface area contributed by atoms with Crippen LogP contribution >= 0.6 is 23.4 Å². The molecule has 100 valence electrons. The number of carbonyl (C=O) groups excluding carboxylic acids is 1. The second-order valence-corrected chi connectivity index (χ2v) is 5.34. The van der Waals surface area contributed by atoms with Gasteiger partial charge in [0.05, 0.1) is 11.8 Å². The molecular formula is C14H14ClNO2S. The van der Waals surface area contributed by atoms with E-state index in [0.717, 1.165) is 5.56 Å². The normalized spacial score (nSPS) is 10.5. The van der Waals surface area contributed by atoms with E-state index in [2.05, 4.69) is 0 Å². The standard InChI is InChI=1S/C14H14ClNO2S/c1-16(14(17)12-7-8-18-13(12)15)9-10-3-5-11(19-2)6-4-10/h3-8H,9H2,1-2H3. The first-order valence-corrected chi connectivity index (χ1v) is 7.33. The van der Waals surface area contributed by atoms with Crippen molar-refractivity contribution in [1.82, 2.24) is 4.90 Å². The van der Waals surface area contributed by atoms with Crippen LogP contribution in [0.2, 0.25) is 5.22 Å². The van der Waals surface area contributed by atoms with Crippen LogP contribution in [-0.2, 0) is 6.54 Å². The zero-order valence-corrected chi connectivity index (χ0v) is 12.3. The van der Waals surface area contributed by atoms with Crippen molar-refractivity contribution in [3.05, 3.63) is 52.9 Å². The number of rotatable bonds is 4. The van der Waals surface area contributed by atoms with Crippen LogP contribution in [-0.4, -0.2) is 24.1 Å². The lowest BCUT2D eigenvalue weighted by Crippen LogP contribution is -2.26. The maximum Gasteiger partial charge on any atom is 0.258 e. The number of carbonyl (C=O) groups is 1. The molecule has 0 aliphatic heterocycles. The Hall–Kier alpha value is -1.39. The maximum absolute atomic E-state index is 12.1. The molecule has 5 heteroatoms. The third-order valence-corrected chi connectivity index (χ3v) is 3.81. The van der Waals surface area contributed by atoms with Gasteiger partial charge in [-0.2, -0.15) is 0 Å². The number of halogens is 1. The molecule has 1 amide bonds. The number of furan rings is 1. The lowest BCUT2D eigenvalue weighted by Gasteiger charge is -2.16. The second kappa shape index (κ2) is 6.17. The summed E-state index contributed by atoms with van der Waals surface area (Å²) in [6, 6.07) is 9.71. The summed E-state index contributed by atoms with van der Waals surface area (Å²) in [6.45, 7) is 0.537. The largest absolute Gasteiger partial charge is 0.452 e. The highest BCUT2D eigenvalue weighted by Gasteiger charge is 2.17. The Morgan fingerprint density at radius 1 is 1.32 bits per heavy atom. The van der Waals surface area contributed by atoms with E-state index in [1.54, 1.807) is 29.8 Å². The SMILES string of the molecule is CSc1ccc(CN(C)C(=O)c2ccoc2Cl)cc1. The van der Waals surface area contributed by atoms with Gasteiger partial charge in [-0.3, -0.25) is 4.79 Å². The van der Waals surface area contributed by atoms with Crippen LogP contribution in [0.5, 0.6) is 0 Å². The fraction of sp³-hybridized carbons (Fsp3) is 0.214. The number of thioether (sulfide) groups is 1. The Bertz CT molecular complexity index is 565. The Kier molecular flexibility index (Phi) is 4.56. The Morgan fingerprint density at radius 2 is 2.00 bits per heavy atom. The van der Waals surface area contributed by atoms with E-state index in [9.17, 15) is 4.79 Å². The lowest BCUT2D eigenvalue weighted by molar-refractivity contribution is 0.0784. The number of benzene rings is 1. The van der Waals surface area contributed by atoms with Gasteiger partial charge in [-0.1, -0.05) is 12.1 Å². The van der Waals surface area contributed by atoms with Gasteiger partial charge >= 0.3 is 0 Å². The summed E-state index contributed by atoms with van der Waals surface area (Å²) < 4.78 is 4.93. The summed E-state index contributed by atoms with van der Waals surface area (Å²) in [5.41, 5.74) is 1.47. The molecule has 1 aromatic carbocycles. The number of hydrogen-bond acceptors (Lipinski definition) is 3. The van der Waals surface area contributed by atoms with Crippen LogP contribution in [0.1, 0.15) is 15.9 Å². The molecule has 0 unspecified atom stereocenters. The average molecular weight is 296 g/mol. The van der Waals surface area contributed by atoms with Gasteiger partial charge < -0.3 is 9.32 Å². The highest BCUT2D eigenvalue weighted by molar-refractivity contribution is 7.98. The quantitative estimate of drug-likeness (QED) is 0.802. The first kappa shape index (κ1) is 14.0. The molecule has 1 aromatic heterocycles. The predicted molar refractivity (Wildman–Crippen MR) is 77.7 cm³/mol. The van der Waals surface area contributed by atoms with Crippen molar-refractivity contribution in [2.45, 2.75) is 11.4 Å². The van der Waals surface area contributed by atoms with E-state index >= 15 is 0 Å². The van der Waals surface area contributed by atoms with Gasteiger partial charge in [-0.25, -0.2) is 0 Å². The van der Waals surface area contributed by atoms with E-state index < -0.39 is 0 Å². The second-order valence-electron chi connectivity index (χ2n) is 4.12. The van der Waals surface area contributed by atoms with Gasteiger partial charge in [-0.15, -0.1) is 11.8 Å². The molecule has 0 fully saturated rings. The average Bonchev–Trinajstić information content (AvgIpc) is 2.85. The van der Waals surface area contributed by atoms with E-state index in [0.29, 0.717) is 12.1 Å². The van der Waals surface area contributed by atoms with Gasteiger partial charge in [0.1, 0.15) is 0 Å². The fourth-order valence-electron chi connectivity index (χ4n) is 1.73. The van der Waals surface area contributed by atoms with Crippen LogP contribution < -0.4 is 0 Å². The molecule has 0 spiro atoms. The van der Waals surface area contributed by atoms with Crippen molar-refractivity contribution in [3.8, 4) is 0 Å². The van der Waals surface area contributed by atoms with Crippen LogP contribution in [0, 0.1) is 0 Å². The molecule has 0 aliphatic rings. The van der Waals surface area contributed by atoms with Crippen molar-refractivity contribution in [1.29, 1.82) is 0 Å². The molecule has 19 heavy (non-hydrogen) atoms. The van der Waals surface area contributed by atoms with Crippen molar-refractivity contribution in [2.24, 2.45) is 0 Å². The minimum Gasteiger partial charge on any atom is -0.452 e. The van der Waals surface area contributed by atoms with Gasteiger partial charge in [0, 0.05) is 18.5 Å². The molecule has 2 rings (SSSR count). The van der Waals surface area contributed by atoms with Crippen molar-refractivity contribution in [3.63, 3.8) is 0 Å². The summed E-state index contributed by atoms with van der Waals surface area (Å²) >= 11 is 7.50.